The molecule has 2 aromatic carbocycles. The van der Waals surface area contributed by atoms with Crippen molar-refractivity contribution in [1.82, 2.24) is 9.55 Å². The molecule has 1 heterocycles. The summed E-state index contributed by atoms with van der Waals surface area (Å²) in [5, 5.41) is 0. The lowest BCUT2D eigenvalue weighted by Gasteiger charge is -2.11. The fraction of sp³-hybridized carbons (Fsp3) is 0.423. The molecule has 0 aliphatic heterocycles. The number of hydrogen-bond acceptors (Lipinski definition) is 2. The van der Waals surface area contributed by atoms with Crippen LogP contribution in [0.3, 0.4) is 0 Å². The van der Waals surface area contributed by atoms with Crippen LogP contribution in [-0.4, -0.2) is 9.55 Å². The predicted molar refractivity (Wildman–Crippen MR) is 125 cm³/mol. The van der Waals surface area contributed by atoms with Crippen molar-refractivity contribution in [1.29, 1.82) is 0 Å². The molecule has 0 saturated heterocycles. The Morgan fingerprint density at radius 1 is 0.690 bits per heavy atom. The quantitative estimate of drug-likeness (QED) is 0.329. The minimum atomic E-state index is 0.617. The summed E-state index contributed by atoms with van der Waals surface area (Å²) in [6.07, 6.45) is 13.9. The number of nitrogens with two attached hydrogens (primary N) is 1. The summed E-state index contributed by atoms with van der Waals surface area (Å²) in [5.41, 5.74) is 10.9. The molecular formula is C26H35N3. The zero-order valence-electron chi connectivity index (χ0n) is 17.8. The molecule has 3 heteroatoms. The van der Waals surface area contributed by atoms with E-state index >= 15 is 0 Å². The Morgan fingerprint density at radius 3 is 1.90 bits per heavy atom. The highest BCUT2D eigenvalue weighted by Gasteiger charge is 2.09. The van der Waals surface area contributed by atoms with Crippen LogP contribution in [0.4, 0.5) is 5.95 Å². The van der Waals surface area contributed by atoms with E-state index in [9.17, 15) is 0 Å². The smallest absolute Gasteiger partial charge is 0.200 e. The molecule has 0 fully saturated rings. The first-order valence-electron chi connectivity index (χ1n) is 11.3. The first-order valence-corrected chi connectivity index (χ1v) is 11.3. The SMILES string of the molecule is CCCCCCCCCCCn1c(-c2ccc(-c3ccccc3)cc2)cnc1N. The summed E-state index contributed by atoms with van der Waals surface area (Å²) in [4.78, 5) is 4.37. The van der Waals surface area contributed by atoms with E-state index in [1.54, 1.807) is 0 Å². The van der Waals surface area contributed by atoms with Crippen LogP contribution in [0.1, 0.15) is 64.7 Å². The van der Waals surface area contributed by atoms with E-state index in [-0.39, 0.29) is 0 Å². The Hall–Kier alpha value is -2.55. The van der Waals surface area contributed by atoms with Crippen molar-refractivity contribution < 1.29 is 0 Å². The molecule has 0 aliphatic rings. The van der Waals surface area contributed by atoms with Crippen molar-refractivity contribution in [3.05, 3.63) is 60.8 Å². The Kier molecular flexibility index (Phi) is 8.36. The predicted octanol–water partition coefficient (Wildman–Crippen LogP) is 7.33. The standard InChI is InChI=1S/C26H35N3/c1-2-3-4-5-6-7-8-9-13-20-29-25(21-28-26(29)27)24-18-16-23(17-19-24)22-14-11-10-12-15-22/h10-12,14-19,21H,2-9,13,20H2,1H3,(H2,27,28). The largest absolute Gasteiger partial charge is 0.369 e. The third kappa shape index (κ3) is 6.22. The Labute approximate surface area is 176 Å². The first kappa shape index (κ1) is 21.2. The highest BCUT2D eigenvalue weighted by molar-refractivity contribution is 5.69. The third-order valence-corrected chi connectivity index (χ3v) is 5.66. The molecule has 0 unspecified atom stereocenters. The average Bonchev–Trinajstić information content (AvgIpc) is 3.13. The number of imidazole rings is 1. The summed E-state index contributed by atoms with van der Waals surface area (Å²) < 4.78 is 2.17. The molecule has 0 aliphatic carbocycles. The Morgan fingerprint density at radius 2 is 1.24 bits per heavy atom. The second-order valence-corrected chi connectivity index (χ2v) is 7.93. The van der Waals surface area contributed by atoms with Crippen LogP contribution in [0.15, 0.2) is 60.8 Å². The molecule has 0 bridgehead atoms. The second kappa shape index (κ2) is 11.5. The number of unbranched alkanes of at least 4 members (excludes halogenated alkanes) is 8. The molecule has 2 N–H and O–H groups in total. The first-order chi connectivity index (χ1) is 14.3. The summed E-state index contributed by atoms with van der Waals surface area (Å²) in [5.74, 6) is 0.617. The van der Waals surface area contributed by atoms with Crippen LogP contribution in [-0.2, 0) is 6.54 Å². The topological polar surface area (TPSA) is 43.8 Å². The van der Waals surface area contributed by atoms with Gasteiger partial charge in [0.05, 0.1) is 11.9 Å². The number of benzene rings is 2. The van der Waals surface area contributed by atoms with Gasteiger partial charge < -0.3 is 10.3 Å². The van der Waals surface area contributed by atoms with Gasteiger partial charge in [0, 0.05) is 6.54 Å². The van der Waals surface area contributed by atoms with Crippen molar-refractivity contribution in [2.45, 2.75) is 71.3 Å². The molecule has 3 rings (SSSR count). The van der Waals surface area contributed by atoms with Gasteiger partial charge in [0.15, 0.2) is 0 Å². The number of anilines is 1. The molecule has 0 atom stereocenters. The van der Waals surface area contributed by atoms with Gasteiger partial charge >= 0.3 is 0 Å². The number of hydrogen-bond donors (Lipinski definition) is 1. The fourth-order valence-corrected chi connectivity index (χ4v) is 3.90. The van der Waals surface area contributed by atoms with Gasteiger partial charge in [-0.05, 0) is 23.1 Å². The zero-order chi connectivity index (χ0) is 20.3. The molecule has 0 saturated carbocycles. The van der Waals surface area contributed by atoms with Crippen LogP contribution in [0, 0.1) is 0 Å². The minimum Gasteiger partial charge on any atom is -0.369 e. The normalized spacial score (nSPS) is 11.1. The summed E-state index contributed by atoms with van der Waals surface area (Å²) in [6, 6.07) is 19.2. The monoisotopic (exact) mass is 389 g/mol. The average molecular weight is 390 g/mol. The van der Waals surface area contributed by atoms with Gasteiger partial charge in [-0.3, -0.25) is 0 Å². The van der Waals surface area contributed by atoms with Gasteiger partial charge in [-0.15, -0.1) is 0 Å². The van der Waals surface area contributed by atoms with Gasteiger partial charge in [0.1, 0.15) is 0 Å². The van der Waals surface area contributed by atoms with E-state index in [1.165, 1.54) is 68.1 Å². The van der Waals surface area contributed by atoms with Crippen LogP contribution in [0.5, 0.6) is 0 Å². The van der Waals surface area contributed by atoms with Gasteiger partial charge in [-0.25, -0.2) is 4.98 Å². The van der Waals surface area contributed by atoms with E-state index in [4.69, 9.17) is 5.73 Å². The molecule has 3 aromatic rings. The summed E-state index contributed by atoms with van der Waals surface area (Å²) >= 11 is 0. The van der Waals surface area contributed by atoms with Crippen LogP contribution in [0.25, 0.3) is 22.4 Å². The molecule has 0 spiro atoms. The molecular weight excluding hydrogens is 354 g/mol. The van der Waals surface area contributed by atoms with Gasteiger partial charge in [-0.1, -0.05) is 113 Å². The van der Waals surface area contributed by atoms with E-state index in [0.717, 1.165) is 18.7 Å². The Bertz CT molecular complexity index is 834. The molecule has 1 aromatic heterocycles. The van der Waals surface area contributed by atoms with E-state index < -0.39 is 0 Å². The van der Waals surface area contributed by atoms with Crippen molar-refractivity contribution in [3.63, 3.8) is 0 Å². The summed E-state index contributed by atoms with van der Waals surface area (Å²) in [6.45, 7) is 3.21. The van der Waals surface area contributed by atoms with Crippen LogP contribution < -0.4 is 5.73 Å². The second-order valence-electron chi connectivity index (χ2n) is 7.93. The summed E-state index contributed by atoms with van der Waals surface area (Å²) in [7, 11) is 0. The molecule has 29 heavy (non-hydrogen) atoms. The van der Waals surface area contributed by atoms with Gasteiger partial charge in [0.2, 0.25) is 5.95 Å². The van der Waals surface area contributed by atoms with Crippen molar-refractivity contribution in [3.8, 4) is 22.4 Å². The lowest BCUT2D eigenvalue weighted by Crippen LogP contribution is -2.05. The van der Waals surface area contributed by atoms with Crippen LogP contribution in [0.2, 0.25) is 0 Å². The Balaban J connectivity index is 1.52. The number of nitrogens with zero attached hydrogens (tertiary/aromatic N) is 2. The van der Waals surface area contributed by atoms with E-state index in [0.29, 0.717) is 5.95 Å². The van der Waals surface area contributed by atoms with Gasteiger partial charge in [0.25, 0.3) is 0 Å². The maximum Gasteiger partial charge on any atom is 0.200 e. The van der Waals surface area contributed by atoms with Crippen LogP contribution >= 0.6 is 0 Å². The maximum atomic E-state index is 6.16. The van der Waals surface area contributed by atoms with E-state index in [2.05, 4.69) is 65.0 Å². The fourth-order valence-electron chi connectivity index (χ4n) is 3.90. The number of rotatable bonds is 12. The lowest BCUT2D eigenvalue weighted by atomic mass is 10.0. The third-order valence-electron chi connectivity index (χ3n) is 5.66. The number of nitrogen functional groups attached to an aromatic ring is 1. The molecule has 0 amide bonds. The van der Waals surface area contributed by atoms with Crippen molar-refractivity contribution >= 4 is 5.95 Å². The van der Waals surface area contributed by atoms with E-state index in [1.807, 2.05) is 12.3 Å². The molecule has 154 valence electrons. The number of aromatic nitrogens is 2. The highest BCUT2D eigenvalue weighted by atomic mass is 15.1. The van der Waals surface area contributed by atoms with Crippen molar-refractivity contribution in [2.24, 2.45) is 0 Å². The molecule has 3 nitrogen and oxygen atoms in total. The highest BCUT2D eigenvalue weighted by Crippen LogP contribution is 2.26. The zero-order valence-corrected chi connectivity index (χ0v) is 17.8. The van der Waals surface area contributed by atoms with Crippen molar-refractivity contribution in [2.75, 3.05) is 5.73 Å². The molecule has 0 radical (unpaired) electrons. The minimum absolute atomic E-state index is 0.617. The van der Waals surface area contributed by atoms with Gasteiger partial charge in [-0.2, -0.15) is 0 Å². The lowest BCUT2D eigenvalue weighted by molar-refractivity contribution is 0.542. The maximum absolute atomic E-state index is 6.16.